The first-order chi connectivity index (χ1) is 20.9. The number of methoxy groups -OCH3 is 1. The molecular weight excluding hydrogens is 579 g/mol. The highest BCUT2D eigenvalue weighted by Gasteiger charge is 2.40. The second-order valence-electron chi connectivity index (χ2n) is 10.6. The molecule has 232 valence electrons. The maximum atomic E-state index is 14.4. The lowest BCUT2D eigenvalue weighted by atomic mass is 10.0. The number of amides is 3. The number of piperazine rings is 1. The summed E-state index contributed by atoms with van der Waals surface area (Å²) >= 11 is 0. The Morgan fingerprint density at radius 3 is 2.48 bits per heavy atom. The van der Waals surface area contributed by atoms with Gasteiger partial charge < -0.3 is 25.8 Å². The number of anilines is 1. The molecule has 4 N–H and O–H groups in total. The van der Waals surface area contributed by atoms with E-state index < -0.39 is 29.9 Å². The number of aromatic nitrogens is 3. The molecule has 1 aliphatic heterocycles. The number of aliphatic hydroxyl groups is 1. The number of carbonyl (C=O) groups is 2. The van der Waals surface area contributed by atoms with Crippen LogP contribution in [0.4, 0.5) is 23.7 Å². The quantitative estimate of drug-likeness (QED) is 0.286. The number of benzene rings is 2. The molecule has 14 heteroatoms. The maximum absolute atomic E-state index is 14.4. The molecule has 3 heterocycles. The van der Waals surface area contributed by atoms with Gasteiger partial charge in [0.15, 0.2) is 11.3 Å². The molecule has 0 aliphatic carbocycles. The van der Waals surface area contributed by atoms with Crippen molar-refractivity contribution < 1.29 is 32.6 Å². The highest BCUT2D eigenvalue weighted by Crippen LogP contribution is 2.37. The normalized spacial score (nSPS) is 16.6. The summed E-state index contributed by atoms with van der Waals surface area (Å²) in [5.41, 5.74) is 5.56. The Labute approximate surface area is 251 Å². The molecule has 4 aromatic rings. The van der Waals surface area contributed by atoms with E-state index in [1.165, 1.54) is 14.0 Å². The zero-order chi connectivity index (χ0) is 31.8. The lowest BCUT2D eigenvalue weighted by Gasteiger charge is -2.43. The molecule has 5 rings (SSSR count). The van der Waals surface area contributed by atoms with E-state index in [1.807, 2.05) is 11.8 Å². The second kappa shape index (κ2) is 12.1. The van der Waals surface area contributed by atoms with Crippen LogP contribution in [-0.2, 0) is 6.18 Å². The number of para-hydroxylation sites is 1. The highest BCUT2D eigenvalue weighted by molar-refractivity contribution is 6.00. The summed E-state index contributed by atoms with van der Waals surface area (Å²) in [6.07, 6.45) is -3.64. The molecule has 2 aromatic heterocycles. The lowest BCUT2D eigenvalue weighted by molar-refractivity contribution is -0.143. The van der Waals surface area contributed by atoms with E-state index in [2.05, 4.69) is 15.4 Å². The van der Waals surface area contributed by atoms with E-state index in [4.69, 9.17) is 10.5 Å². The lowest BCUT2D eigenvalue weighted by Crippen LogP contribution is -2.55. The number of aliphatic hydroxyl groups excluding tert-OH is 1. The molecule has 1 saturated heterocycles. The van der Waals surface area contributed by atoms with Gasteiger partial charge >= 0.3 is 12.2 Å². The fraction of sp³-hybridized carbons (Fsp3) is 0.333. The zero-order valence-corrected chi connectivity index (χ0v) is 24.3. The molecule has 0 bridgehead atoms. The number of halogens is 3. The Balaban J connectivity index is 1.47. The average molecular weight is 612 g/mol. The number of rotatable bonds is 7. The van der Waals surface area contributed by atoms with Gasteiger partial charge in [-0.3, -0.25) is 9.69 Å². The van der Waals surface area contributed by atoms with Crippen LogP contribution in [0.25, 0.3) is 16.9 Å². The number of primary amides is 1. The van der Waals surface area contributed by atoms with Crippen molar-refractivity contribution in [3.63, 3.8) is 0 Å². The Morgan fingerprint density at radius 1 is 1.16 bits per heavy atom. The number of hydrogen-bond donors (Lipinski definition) is 3. The summed E-state index contributed by atoms with van der Waals surface area (Å²) in [4.78, 5) is 33.5. The molecule has 0 unspecified atom stereocenters. The number of carbonyl (C=O) groups excluding carboxylic acids is 2. The maximum Gasteiger partial charge on any atom is 0.433 e. The van der Waals surface area contributed by atoms with Crippen LogP contribution in [0.15, 0.2) is 54.7 Å². The van der Waals surface area contributed by atoms with Gasteiger partial charge in [0.1, 0.15) is 11.3 Å². The van der Waals surface area contributed by atoms with Crippen LogP contribution in [0.1, 0.15) is 40.1 Å². The van der Waals surface area contributed by atoms with Crippen molar-refractivity contribution in [1.82, 2.24) is 24.4 Å². The second-order valence-corrected chi connectivity index (χ2v) is 10.6. The third-order valence-electron chi connectivity index (χ3n) is 7.86. The van der Waals surface area contributed by atoms with E-state index in [1.54, 1.807) is 53.4 Å². The number of ether oxygens (including phenoxy) is 1. The molecule has 1 fully saturated rings. The standard InChI is InChI=1S/C30H32F3N7O4/c1-17-15-38(24(16-41)21-6-4-5-7-23(21)36-29(34)43)12-13-39(17)28(42)22-14-35-40-26(30(31,32)33)18(2)25(37-27(22)40)19-8-10-20(44-3)11-9-19/h4-11,14,17,24,41H,12-13,15-16H2,1-3H3,(H3,34,36,43)/t17-,24+/m1/s1. The van der Waals surface area contributed by atoms with Gasteiger partial charge in [0, 0.05) is 42.5 Å². The predicted octanol–water partition coefficient (Wildman–Crippen LogP) is 4.10. The van der Waals surface area contributed by atoms with Gasteiger partial charge in [-0.05, 0) is 49.7 Å². The molecule has 0 radical (unpaired) electrons. The molecule has 44 heavy (non-hydrogen) atoms. The summed E-state index contributed by atoms with van der Waals surface area (Å²) in [5.74, 6) is 0.0292. The van der Waals surface area contributed by atoms with Crippen molar-refractivity contribution in [3.8, 4) is 17.0 Å². The first-order valence-corrected chi connectivity index (χ1v) is 13.9. The van der Waals surface area contributed by atoms with Crippen molar-refractivity contribution in [2.75, 3.05) is 38.7 Å². The van der Waals surface area contributed by atoms with Gasteiger partial charge in [-0.1, -0.05) is 18.2 Å². The van der Waals surface area contributed by atoms with Crippen molar-refractivity contribution in [1.29, 1.82) is 0 Å². The molecule has 1 aliphatic rings. The number of nitrogens with zero attached hydrogens (tertiary/aromatic N) is 5. The van der Waals surface area contributed by atoms with Crippen LogP contribution in [0, 0.1) is 6.92 Å². The fourth-order valence-electron chi connectivity index (χ4n) is 5.76. The van der Waals surface area contributed by atoms with Crippen molar-refractivity contribution in [2.45, 2.75) is 32.1 Å². The molecular formula is C30H32F3N7O4. The molecule has 0 spiro atoms. The van der Waals surface area contributed by atoms with Crippen LogP contribution in [0.2, 0.25) is 0 Å². The topological polar surface area (TPSA) is 138 Å². The number of urea groups is 1. The van der Waals surface area contributed by atoms with Gasteiger partial charge in [0.05, 0.1) is 31.6 Å². The Hall–Kier alpha value is -4.69. The summed E-state index contributed by atoms with van der Waals surface area (Å²) in [6, 6.07) is 11.8. The number of hydrogen-bond acceptors (Lipinski definition) is 7. The first-order valence-electron chi connectivity index (χ1n) is 13.9. The van der Waals surface area contributed by atoms with Crippen molar-refractivity contribution >= 4 is 23.3 Å². The minimum atomic E-state index is -4.77. The summed E-state index contributed by atoms with van der Waals surface area (Å²) < 4.78 is 48.9. The summed E-state index contributed by atoms with van der Waals surface area (Å²) in [7, 11) is 1.49. The van der Waals surface area contributed by atoms with Crippen LogP contribution < -0.4 is 15.8 Å². The van der Waals surface area contributed by atoms with E-state index in [0.717, 1.165) is 6.20 Å². The number of fused-ring (bicyclic) bond motifs is 1. The van der Waals surface area contributed by atoms with Crippen LogP contribution >= 0.6 is 0 Å². The smallest absolute Gasteiger partial charge is 0.433 e. The highest BCUT2D eigenvalue weighted by atomic mass is 19.4. The van der Waals surface area contributed by atoms with Gasteiger partial charge in [-0.15, -0.1) is 0 Å². The van der Waals surface area contributed by atoms with E-state index >= 15 is 0 Å². The fourth-order valence-corrected chi connectivity index (χ4v) is 5.76. The summed E-state index contributed by atoms with van der Waals surface area (Å²) in [5, 5.41) is 16.8. The molecule has 0 saturated carbocycles. The van der Waals surface area contributed by atoms with Gasteiger partial charge in [-0.2, -0.15) is 18.3 Å². The average Bonchev–Trinajstić information content (AvgIpc) is 3.40. The van der Waals surface area contributed by atoms with Crippen LogP contribution in [0.5, 0.6) is 5.75 Å². The van der Waals surface area contributed by atoms with Gasteiger partial charge in [0.25, 0.3) is 5.91 Å². The molecule has 2 aromatic carbocycles. The Morgan fingerprint density at radius 2 is 1.86 bits per heavy atom. The third-order valence-corrected chi connectivity index (χ3v) is 7.86. The summed E-state index contributed by atoms with van der Waals surface area (Å²) in [6.45, 7) is 3.81. The minimum Gasteiger partial charge on any atom is -0.497 e. The first kappa shape index (κ1) is 30.8. The molecule has 2 atom stereocenters. The number of nitrogens with two attached hydrogens (primary N) is 1. The SMILES string of the molecule is COc1ccc(-c2nc3c(C(=O)N4CCN([C@@H](CO)c5ccccc5NC(N)=O)C[C@H]4C)cnn3c(C(F)(F)F)c2C)cc1. The molecule has 11 nitrogen and oxygen atoms in total. The minimum absolute atomic E-state index is 0.0553. The zero-order valence-electron chi connectivity index (χ0n) is 24.3. The molecule has 3 amide bonds. The van der Waals surface area contributed by atoms with Gasteiger partial charge in [0.2, 0.25) is 0 Å². The van der Waals surface area contributed by atoms with E-state index in [0.29, 0.717) is 40.2 Å². The number of alkyl halides is 3. The predicted molar refractivity (Wildman–Crippen MR) is 156 cm³/mol. The largest absolute Gasteiger partial charge is 0.497 e. The third kappa shape index (κ3) is 5.77. The monoisotopic (exact) mass is 611 g/mol. The van der Waals surface area contributed by atoms with Crippen LogP contribution in [0.3, 0.4) is 0 Å². The number of nitrogens with one attached hydrogen (secondary N) is 1. The van der Waals surface area contributed by atoms with E-state index in [9.17, 15) is 27.9 Å². The van der Waals surface area contributed by atoms with Crippen molar-refractivity contribution in [3.05, 3.63) is 77.1 Å². The van der Waals surface area contributed by atoms with Gasteiger partial charge in [-0.25, -0.2) is 14.3 Å². The Bertz CT molecular complexity index is 1690. The Kier molecular flexibility index (Phi) is 8.48. The van der Waals surface area contributed by atoms with Crippen LogP contribution in [-0.4, -0.2) is 80.8 Å². The van der Waals surface area contributed by atoms with Crippen molar-refractivity contribution in [2.24, 2.45) is 5.73 Å². The van der Waals surface area contributed by atoms with E-state index in [-0.39, 0.29) is 41.7 Å².